The molecule has 2 aromatic rings. The average molecular weight is 283 g/mol. The lowest BCUT2D eigenvalue weighted by molar-refractivity contribution is 0.417. The molecular formula is C13H19ClN4O. The Bertz CT molecular complexity index is 507. The summed E-state index contributed by atoms with van der Waals surface area (Å²) in [6.45, 7) is 4.12. The number of hydrogen-bond donors (Lipinski definition) is 2. The van der Waals surface area contributed by atoms with Crippen LogP contribution < -0.4 is 11.3 Å². The first-order valence-corrected chi connectivity index (χ1v) is 6.72. The number of aromatic nitrogens is 2. The van der Waals surface area contributed by atoms with Gasteiger partial charge in [0.25, 0.3) is 0 Å². The second kappa shape index (κ2) is 6.23. The SMILES string of the molecule is CC(C)n1ncc(Cl)c1C(CCc1ccco1)NN. The minimum absolute atomic E-state index is 0.0532. The summed E-state index contributed by atoms with van der Waals surface area (Å²) in [5.74, 6) is 6.60. The maximum atomic E-state index is 6.22. The van der Waals surface area contributed by atoms with Gasteiger partial charge in [-0.15, -0.1) is 0 Å². The van der Waals surface area contributed by atoms with E-state index < -0.39 is 0 Å². The third-order valence-electron chi connectivity index (χ3n) is 3.07. The summed E-state index contributed by atoms with van der Waals surface area (Å²) in [6, 6.07) is 4.02. The molecule has 0 aliphatic heterocycles. The fraction of sp³-hybridized carbons (Fsp3) is 0.462. The number of furan rings is 1. The van der Waals surface area contributed by atoms with E-state index in [1.54, 1.807) is 12.5 Å². The molecule has 0 fully saturated rings. The van der Waals surface area contributed by atoms with E-state index >= 15 is 0 Å². The molecule has 0 radical (unpaired) electrons. The van der Waals surface area contributed by atoms with Crippen LogP contribution in [0.15, 0.2) is 29.0 Å². The first kappa shape index (κ1) is 14.1. The van der Waals surface area contributed by atoms with Gasteiger partial charge in [-0.1, -0.05) is 11.6 Å². The molecule has 6 heteroatoms. The molecule has 19 heavy (non-hydrogen) atoms. The molecule has 0 bridgehead atoms. The molecule has 0 spiro atoms. The summed E-state index contributed by atoms with van der Waals surface area (Å²) in [5.41, 5.74) is 3.74. The van der Waals surface area contributed by atoms with Crippen molar-refractivity contribution in [1.82, 2.24) is 15.2 Å². The summed E-state index contributed by atoms with van der Waals surface area (Å²) in [7, 11) is 0. The lowest BCUT2D eigenvalue weighted by atomic mass is 10.1. The Hall–Kier alpha value is -1.30. The van der Waals surface area contributed by atoms with E-state index in [9.17, 15) is 0 Å². The zero-order valence-corrected chi connectivity index (χ0v) is 11.9. The van der Waals surface area contributed by atoms with Crippen molar-refractivity contribution >= 4 is 11.6 Å². The first-order valence-electron chi connectivity index (χ1n) is 6.35. The number of nitrogens with one attached hydrogen (secondary N) is 1. The number of nitrogens with two attached hydrogens (primary N) is 1. The Morgan fingerprint density at radius 2 is 2.32 bits per heavy atom. The van der Waals surface area contributed by atoms with Gasteiger partial charge in [-0.2, -0.15) is 5.10 Å². The number of aryl methyl sites for hydroxylation is 1. The van der Waals surface area contributed by atoms with Crippen molar-refractivity contribution in [2.24, 2.45) is 5.84 Å². The fourth-order valence-corrected chi connectivity index (χ4v) is 2.39. The van der Waals surface area contributed by atoms with Crippen molar-refractivity contribution < 1.29 is 4.42 Å². The van der Waals surface area contributed by atoms with E-state index in [0.29, 0.717) is 5.02 Å². The summed E-state index contributed by atoms with van der Waals surface area (Å²) in [4.78, 5) is 0. The number of nitrogens with zero attached hydrogens (tertiary/aromatic N) is 2. The van der Waals surface area contributed by atoms with Crippen molar-refractivity contribution in [3.05, 3.63) is 41.1 Å². The molecule has 1 atom stereocenters. The van der Waals surface area contributed by atoms with E-state index in [4.69, 9.17) is 21.9 Å². The summed E-state index contributed by atoms with van der Waals surface area (Å²) in [5, 5.41) is 4.93. The van der Waals surface area contributed by atoms with Gasteiger partial charge in [0.1, 0.15) is 5.76 Å². The molecule has 104 valence electrons. The van der Waals surface area contributed by atoms with Crippen LogP contribution in [0.1, 0.15) is 43.8 Å². The lowest BCUT2D eigenvalue weighted by Gasteiger charge is -2.19. The zero-order valence-electron chi connectivity index (χ0n) is 11.1. The first-order chi connectivity index (χ1) is 9.13. The largest absolute Gasteiger partial charge is 0.469 e. The van der Waals surface area contributed by atoms with Gasteiger partial charge in [0.15, 0.2) is 0 Å². The minimum Gasteiger partial charge on any atom is -0.469 e. The second-order valence-electron chi connectivity index (χ2n) is 4.75. The Morgan fingerprint density at radius 3 is 2.89 bits per heavy atom. The lowest BCUT2D eigenvalue weighted by Crippen LogP contribution is -2.31. The Kier molecular flexibility index (Phi) is 4.63. The highest BCUT2D eigenvalue weighted by molar-refractivity contribution is 6.31. The van der Waals surface area contributed by atoms with E-state index in [1.807, 2.05) is 16.8 Å². The van der Waals surface area contributed by atoms with E-state index in [0.717, 1.165) is 24.3 Å². The predicted octanol–water partition coefficient (Wildman–Crippen LogP) is 2.85. The van der Waals surface area contributed by atoms with Gasteiger partial charge in [0.05, 0.1) is 29.2 Å². The van der Waals surface area contributed by atoms with Crippen molar-refractivity contribution in [2.45, 2.75) is 38.8 Å². The summed E-state index contributed by atoms with van der Waals surface area (Å²) in [6.07, 6.45) is 4.92. The zero-order chi connectivity index (χ0) is 13.8. The van der Waals surface area contributed by atoms with Crippen molar-refractivity contribution in [2.75, 3.05) is 0 Å². The van der Waals surface area contributed by atoms with Crippen LogP contribution in [0.4, 0.5) is 0 Å². The number of hydrogen-bond acceptors (Lipinski definition) is 4. The van der Waals surface area contributed by atoms with Crippen LogP contribution in [-0.2, 0) is 6.42 Å². The minimum atomic E-state index is -0.0532. The van der Waals surface area contributed by atoms with Gasteiger partial charge in [-0.3, -0.25) is 16.0 Å². The molecule has 2 heterocycles. The highest BCUT2D eigenvalue weighted by Crippen LogP contribution is 2.28. The van der Waals surface area contributed by atoms with Gasteiger partial charge < -0.3 is 4.42 Å². The Labute approximate surface area is 117 Å². The molecular weight excluding hydrogens is 264 g/mol. The standard InChI is InChI=1S/C13H19ClN4O/c1-9(2)18-13(11(14)8-16-18)12(17-15)6-5-10-4-3-7-19-10/h3-4,7-9,12,17H,5-6,15H2,1-2H3. The number of hydrazine groups is 1. The number of halogens is 1. The van der Waals surface area contributed by atoms with Gasteiger partial charge >= 0.3 is 0 Å². The van der Waals surface area contributed by atoms with Crippen LogP contribution >= 0.6 is 11.6 Å². The van der Waals surface area contributed by atoms with E-state index in [-0.39, 0.29) is 12.1 Å². The van der Waals surface area contributed by atoms with Gasteiger partial charge in [0, 0.05) is 12.5 Å². The van der Waals surface area contributed by atoms with Crippen LogP contribution in [0.2, 0.25) is 5.02 Å². The smallest absolute Gasteiger partial charge is 0.103 e. The van der Waals surface area contributed by atoms with Crippen molar-refractivity contribution in [3.63, 3.8) is 0 Å². The van der Waals surface area contributed by atoms with Gasteiger partial charge in [-0.25, -0.2) is 0 Å². The van der Waals surface area contributed by atoms with Crippen molar-refractivity contribution in [3.8, 4) is 0 Å². The monoisotopic (exact) mass is 282 g/mol. The van der Waals surface area contributed by atoms with E-state index in [2.05, 4.69) is 24.4 Å². The molecule has 2 aromatic heterocycles. The molecule has 2 rings (SSSR count). The van der Waals surface area contributed by atoms with Crippen LogP contribution in [0.25, 0.3) is 0 Å². The normalized spacial score (nSPS) is 13.1. The molecule has 0 saturated heterocycles. The highest BCUT2D eigenvalue weighted by Gasteiger charge is 2.21. The molecule has 0 aliphatic rings. The predicted molar refractivity (Wildman–Crippen MR) is 74.7 cm³/mol. The van der Waals surface area contributed by atoms with Gasteiger partial charge in [-0.05, 0) is 32.4 Å². The quantitative estimate of drug-likeness (QED) is 0.631. The molecule has 5 nitrogen and oxygen atoms in total. The fourth-order valence-electron chi connectivity index (χ4n) is 2.13. The molecule has 0 aliphatic carbocycles. The van der Waals surface area contributed by atoms with Crippen LogP contribution in [-0.4, -0.2) is 9.78 Å². The average Bonchev–Trinajstić information content (AvgIpc) is 3.00. The maximum absolute atomic E-state index is 6.22. The molecule has 1 unspecified atom stereocenters. The van der Waals surface area contributed by atoms with E-state index in [1.165, 1.54) is 0 Å². The second-order valence-corrected chi connectivity index (χ2v) is 5.16. The van der Waals surface area contributed by atoms with Crippen LogP contribution in [0.3, 0.4) is 0 Å². The molecule has 3 N–H and O–H groups in total. The van der Waals surface area contributed by atoms with Crippen LogP contribution in [0.5, 0.6) is 0 Å². The van der Waals surface area contributed by atoms with Crippen LogP contribution in [0, 0.1) is 0 Å². The van der Waals surface area contributed by atoms with Gasteiger partial charge in [0.2, 0.25) is 0 Å². The Morgan fingerprint density at radius 1 is 1.53 bits per heavy atom. The third kappa shape index (κ3) is 3.18. The van der Waals surface area contributed by atoms with Crippen molar-refractivity contribution in [1.29, 1.82) is 0 Å². The molecule has 0 aromatic carbocycles. The number of rotatable bonds is 6. The Balaban J connectivity index is 2.15. The summed E-state index contributed by atoms with van der Waals surface area (Å²) < 4.78 is 7.23. The topological polar surface area (TPSA) is 69.0 Å². The summed E-state index contributed by atoms with van der Waals surface area (Å²) >= 11 is 6.22. The maximum Gasteiger partial charge on any atom is 0.103 e. The highest BCUT2D eigenvalue weighted by atomic mass is 35.5. The molecule has 0 amide bonds. The molecule has 0 saturated carbocycles. The third-order valence-corrected chi connectivity index (χ3v) is 3.36.